The average molecular weight is 336 g/mol. The summed E-state index contributed by atoms with van der Waals surface area (Å²) in [7, 11) is 0. The molecule has 1 aromatic heterocycles. The first-order valence-corrected chi connectivity index (χ1v) is 7.75. The van der Waals surface area contributed by atoms with E-state index in [4.69, 9.17) is 0 Å². The summed E-state index contributed by atoms with van der Waals surface area (Å²) in [5, 5.41) is 9.08. The van der Waals surface area contributed by atoms with E-state index in [2.05, 4.69) is 51.5 Å². The molecule has 1 aliphatic rings. The van der Waals surface area contributed by atoms with Crippen LogP contribution in [0.5, 0.6) is 0 Å². The number of aromatic nitrogens is 3. The highest BCUT2D eigenvalue weighted by Crippen LogP contribution is 2.41. The van der Waals surface area contributed by atoms with Crippen molar-refractivity contribution in [2.24, 2.45) is 0 Å². The summed E-state index contributed by atoms with van der Waals surface area (Å²) in [5.41, 5.74) is -0.137. The van der Waals surface area contributed by atoms with E-state index in [1.54, 1.807) is 0 Å². The predicted octanol–water partition coefficient (Wildman–Crippen LogP) is 4.22. The van der Waals surface area contributed by atoms with Crippen LogP contribution in [-0.4, -0.2) is 20.7 Å². The van der Waals surface area contributed by atoms with Gasteiger partial charge in [0.1, 0.15) is 11.6 Å². The minimum absolute atomic E-state index is 0.0433. The van der Waals surface area contributed by atoms with Gasteiger partial charge in [-0.3, -0.25) is 0 Å². The second-order valence-corrected chi connectivity index (χ2v) is 6.81. The zero-order valence-electron chi connectivity index (χ0n) is 11.6. The van der Waals surface area contributed by atoms with Gasteiger partial charge in [-0.1, -0.05) is 15.9 Å². The molecule has 1 aromatic rings. The number of hydrogen-bond acceptors (Lipinski definition) is 2. The number of alkyl halides is 3. The van der Waals surface area contributed by atoms with Crippen molar-refractivity contribution < 1.29 is 8.78 Å². The summed E-state index contributed by atoms with van der Waals surface area (Å²) in [6.07, 6.45) is 0.892. The van der Waals surface area contributed by atoms with Crippen LogP contribution in [0.3, 0.4) is 0 Å². The van der Waals surface area contributed by atoms with Gasteiger partial charge in [-0.05, 0) is 33.6 Å². The van der Waals surface area contributed by atoms with E-state index < -0.39 is 5.92 Å². The van der Waals surface area contributed by atoms with E-state index in [9.17, 15) is 8.78 Å². The van der Waals surface area contributed by atoms with Gasteiger partial charge in [0.05, 0.1) is 5.33 Å². The highest BCUT2D eigenvalue weighted by atomic mass is 79.9. The number of nitrogens with zero attached hydrogens (tertiary/aromatic N) is 3. The standard InChI is InChI=1S/C13H20BrF2N3/c1-12(2,3)19-10(8-14)17-18-11(19)9-4-6-13(15,16)7-5-9/h9H,4-8H2,1-3H3. The van der Waals surface area contributed by atoms with Crippen molar-refractivity contribution in [1.29, 1.82) is 0 Å². The Morgan fingerprint density at radius 2 is 1.84 bits per heavy atom. The minimum atomic E-state index is -2.50. The van der Waals surface area contributed by atoms with Crippen LogP contribution >= 0.6 is 15.9 Å². The van der Waals surface area contributed by atoms with E-state index in [1.165, 1.54) is 0 Å². The van der Waals surface area contributed by atoms with E-state index in [-0.39, 0.29) is 24.3 Å². The fourth-order valence-electron chi connectivity index (χ4n) is 2.71. The lowest BCUT2D eigenvalue weighted by Gasteiger charge is -2.31. The predicted molar refractivity (Wildman–Crippen MR) is 73.8 cm³/mol. The van der Waals surface area contributed by atoms with Crippen molar-refractivity contribution >= 4 is 15.9 Å². The monoisotopic (exact) mass is 335 g/mol. The maximum atomic E-state index is 13.2. The van der Waals surface area contributed by atoms with E-state index in [0.717, 1.165) is 11.6 Å². The highest BCUT2D eigenvalue weighted by molar-refractivity contribution is 9.08. The van der Waals surface area contributed by atoms with Crippen molar-refractivity contribution in [2.75, 3.05) is 0 Å². The molecule has 0 unspecified atom stereocenters. The Hall–Kier alpha value is -0.520. The summed E-state index contributed by atoms with van der Waals surface area (Å²) < 4.78 is 28.6. The van der Waals surface area contributed by atoms with Gasteiger partial charge in [0.15, 0.2) is 0 Å². The zero-order chi connectivity index (χ0) is 14.3. The third kappa shape index (κ3) is 3.15. The molecule has 0 aromatic carbocycles. The van der Waals surface area contributed by atoms with Crippen LogP contribution in [-0.2, 0) is 10.9 Å². The number of hydrogen-bond donors (Lipinski definition) is 0. The van der Waals surface area contributed by atoms with Gasteiger partial charge < -0.3 is 4.57 Å². The molecule has 19 heavy (non-hydrogen) atoms. The lowest BCUT2D eigenvalue weighted by Crippen LogP contribution is -2.30. The molecule has 6 heteroatoms. The maximum Gasteiger partial charge on any atom is 0.248 e. The Kier molecular flexibility index (Phi) is 4.00. The Balaban J connectivity index is 2.29. The molecule has 0 aliphatic heterocycles. The van der Waals surface area contributed by atoms with Gasteiger partial charge in [-0.2, -0.15) is 0 Å². The lowest BCUT2D eigenvalue weighted by atomic mass is 9.86. The van der Waals surface area contributed by atoms with Gasteiger partial charge in [0.2, 0.25) is 5.92 Å². The third-order valence-corrected chi connectivity index (χ3v) is 4.13. The molecule has 1 heterocycles. The van der Waals surface area contributed by atoms with Crippen LogP contribution in [0.1, 0.15) is 64.0 Å². The Labute approximate surface area is 120 Å². The van der Waals surface area contributed by atoms with Crippen molar-refractivity contribution in [3.8, 4) is 0 Å². The molecule has 0 radical (unpaired) electrons. The van der Waals surface area contributed by atoms with Gasteiger partial charge >= 0.3 is 0 Å². The van der Waals surface area contributed by atoms with Crippen molar-refractivity contribution in [1.82, 2.24) is 14.8 Å². The van der Waals surface area contributed by atoms with E-state index in [1.807, 2.05) is 0 Å². The van der Waals surface area contributed by atoms with Gasteiger partial charge in [-0.25, -0.2) is 8.78 Å². The summed E-state index contributed by atoms with van der Waals surface area (Å²) in [6, 6.07) is 0. The van der Waals surface area contributed by atoms with Gasteiger partial charge in [0.25, 0.3) is 0 Å². The number of rotatable bonds is 2. The molecule has 0 amide bonds. The van der Waals surface area contributed by atoms with E-state index >= 15 is 0 Å². The second kappa shape index (κ2) is 5.11. The molecule has 1 saturated carbocycles. The fraction of sp³-hybridized carbons (Fsp3) is 0.846. The molecule has 0 bridgehead atoms. The molecule has 108 valence electrons. The van der Waals surface area contributed by atoms with Crippen LogP contribution in [0.15, 0.2) is 0 Å². The molecular weight excluding hydrogens is 316 g/mol. The summed E-state index contributed by atoms with van der Waals surface area (Å²) in [4.78, 5) is 0. The first-order chi connectivity index (χ1) is 8.74. The van der Waals surface area contributed by atoms with Crippen LogP contribution in [0.25, 0.3) is 0 Å². The Morgan fingerprint density at radius 3 is 2.32 bits per heavy atom. The topological polar surface area (TPSA) is 30.7 Å². The molecular formula is C13H20BrF2N3. The largest absolute Gasteiger partial charge is 0.309 e. The first-order valence-electron chi connectivity index (χ1n) is 6.63. The van der Waals surface area contributed by atoms with Crippen molar-refractivity contribution in [3.63, 3.8) is 0 Å². The maximum absolute atomic E-state index is 13.2. The fourth-order valence-corrected chi connectivity index (χ4v) is 3.07. The normalized spacial score (nSPS) is 20.7. The van der Waals surface area contributed by atoms with Crippen LogP contribution in [0.4, 0.5) is 8.78 Å². The molecule has 0 N–H and O–H groups in total. The van der Waals surface area contributed by atoms with Crippen molar-refractivity contribution in [3.05, 3.63) is 11.6 Å². The van der Waals surface area contributed by atoms with Crippen LogP contribution in [0, 0.1) is 0 Å². The Bertz CT molecular complexity index is 441. The Morgan fingerprint density at radius 1 is 1.26 bits per heavy atom. The van der Waals surface area contributed by atoms with Crippen LogP contribution < -0.4 is 0 Å². The quantitative estimate of drug-likeness (QED) is 0.757. The van der Waals surface area contributed by atoms with Crippen molar-refractivity contribution in [2.45, 2.75) is 69.2 Å². The molecule has 1 aliphatic carbocycles. The van der Waals surface area contributed by atoms with E-state index in [0.29, 0.717) is 18.2 Å². The second-order valence-electron chi connectivity index (χ2n) is 6.24. The van der Waals surface area contributed by atoms with Gasteiger partial charge in [-0.15, -0.1) is 10.2 Å². The molecule has 1 fully saturated rings. The van der Waals surface area contributed by atoms with Crippen LogP contribution in [0.2, 0.25) is 0 Å². The smallest absolute Gasteiger partial charge is 0.248 e. The SMILES string of the molecule is CC(C)(C)n1c(CBr)nnc1C1CCC(F)(F)CC1. The molecule has 2 rings (SSSR count). The number of halogens is 3. The molecule has 0 saturated heterocycles. The van der Waals surface area contributed by atoms with Gasteiger partial charge in [0, 0.05) is 24.3 Å². The first kappa shape index (κ1) is 14.9. The molecule has 0 spiro atoms. The highest BCUT2D eigenvalue weighted by Gasteiger charge is 2.38. The molecule has 0 atom stereocenters. The molecule has 3 nitrogen and oxygen atoms in total. The third-order valence-electron chi connectivity index (χ3n) is 3.63. The zero-order valence-corrected chi connectivity index (χ0v) is 13.2. The summed E-state index contributed by atoms with van der Waals surface area (Å²) in [6.45, 7) is 6.26. The minimum Gasteiger partial charge on any atom is -0.309 e. The average Bonchev–Trinajstić information content (AvgIpc) is 2.72. The summed E-state index contributed by atoms with van der Waals surface area (Å²) >= 11 is 3.41. The summed E-state index contributed by atoms with van der Waals surface area (Å²) in [5.74, 6) is -0.683. The lowest BCUT2D eigenvalue weighted by molar-refractivity contribution is -0.0391.